The summed E-state index contributed by atoms with van der Waals surface area (Å²) < 4.78 is 0. The molecule has 0 spiro atoms. The number of amides is 1. The van der Waals surface area contributed by atoms with Crippen molar-refractivity contribution in [1.82, 2.24) is 20.2 Å². The summed E-state index contributed by atoms with van der Waals surface area (Å²) in [4.78, 5) is 24.2. The van der Waals surface area contributed by atoms with Crippen LogP contribution in [0.4, 0.5) is 0 Å². The van der Waals surface area contributed by atoms with Crippen LogP contribution >= 0.6 is 0 Å². The third kappa shape index (κ3) is 4.02. The van der Waals surface area contributed by atoms with Crippen molar-refractivity contribution in [3.63, 3.8) is 0 Å². The van der Waals surface area contributed by atoms with Crippen molar-refractivity contribution in [2.75, 3.05) is 19.6 Å². The molecule has 1 N–H and O–H groups in total. The summed E-state index contributed by atoms with van der Waals surface area (Å²) in [5.74, 6) is 2.39. The van der Waals surface area contributed by atoms with E-state index < -0.39 is 0 Å². The minimum atomic E-state index is 0.332. The van der Waals surface area contributed by atoms with Gasteiger partial charge in [-0.2, -0.15) is 0 Å². The number of rotatable bonds is 3. The van der Waals surface area contributed by atoms with Gasteiger partial charge in [-0.05, 0) is 38.1 Å². The Morgan fingerprint density at radius 1 is 1.20 bits per heavy atom. The Morgan fingerprint density at radius 3 is 2.88 bits per heavy atom. The molecule has 1 aromatic heterocycles. The quantitative estimate of drug-likeness (QED) is 0.918. The van der Waals surface area contributed by atoms with Crippen LogP contribution in [0.15, 0.2) is 6.20 Å². The Balaban J connectivity index is 1.38. The lowest BCUT2D eigenvalue weighted by Gasteiger charge is -2.31. The molecule has 3 aliphatic rings. The summed E-state index contributed by atoms with van der Waals surface area (Å²) in [6.45, 7) is 3.62. The summed E-state index contributed by atoms with van der Waals surface area (Å²) in [5.41, 5.74) is 2.31. The van der Waals surface area contributed by atoms with Crippen molar-refractivity contribution in [3.05, 3.63) is 23.3 Å². The SMILES string of the molecule is O=C(CC1CCCCC1)N1CCc2nc(C3CCCNC3)ncc2C1. The first-order chi connectivity index (χ1) is 12.3. The van der Waals surface area contributed by atoms with Crippen molar-refractivity contribution in [2.24, 2.45) is 5.92 Å². The molecule has 1 unspecified atom stereocenters. The summed E-state index contributed by atoms with van der Waals surface area (Å²) >= 11 is 0. The van der Waals surface area contributed by atoms with Gasteiger partial charge in [0, 0.05) is 50.2 Å². The van der Waals surface area contributed by atoms with Crippen molar-refractivity contribution in [1.29, 1.82) is 0 Å². The molecule has 1 aliphatic carbocycles. The van der Waals surface area contributed by atoms with Crippen LogP contribution in [-0.4, -0.2) is 40.4 Å². The fraction of sp³-hybridized carbons (Fsp3) is 0.750. The van der Waals surface area contributed by atoms with Gasteiger partial charge >= 0.3 is 0 Å². The second kappa shape index (κ2) is 7.81. The molecule has 1 aromatic rings. The maximum absolute atomic E-state index is 12.7. The highest BCUT2D eigenvalue weighted by Crippen LogP contribution is 2.28. The van der Waals surface area contributed by atoms with Crippen LogP contribution in [0.5, 0.6) is 0 Å². The van der Waals surface area contributed by atoms with E-state index in [0.29, 0.717) is 24.3 Å². The number of hydrogen-bond acceptors (Lipinski definition) is 4. The minimum Gasteiger partial charge on any atom is -0.338 e. The van der Waals surface area contributed by atoms with E-state index in [1.54, 1.807) is 0 Å². The topological polar surface area (TPSA) is 58.1 Å². The molecular formula is C20H30N4O. The average molecular weight is 342 g/mol. The van der Waals surface area contributed by atoms with E-state index in [4.69, 9.17) is 4.98 Å². The Labute approximate surface area is 150 Å². The van der Waals surface area contributed by atoms with E-state index in [2.05, 4.69) is 10.3 Å². The first-order valence-electron chi connectivity index (χ1n) is 10.1. The molecule has 1 amide bonds. The van der Waals surface area contributed by atoms with Gasteiger partial charge in [-0.3, -0.25) is 4.79 Å². The molecule has 2 aliphatic heterocycles. The van der Waals surface area contributed by atoms with E-state index in [0.717, 1.165) is 49.6 Å². The summed E-state index contributed by atoms with van der Waals surface area (Å²) in [5, 5.41) is 3.44. The van der Waals surface area contributed by atoms with Gasteiger partial charge in [-0.25, -0.2) is 9.97 Å². The monoisotopic (exact) mass is 342 g/mol. The maximum Gasteiger partial charge on any atom is 0.223 e. The number of carbonyl (C=O) groups is 1. The lowest BCUT2D eigenvalue weighted by molar-refractivity contribution is -0.133. The normalized spacial score (nSPS) is 24.8. The van der Waals surface area contributed by atoms with Gasteiger partial charge in [0.15, 0.2) is 0 Å². The molecule has 5 nitrogen and oxygen atoms in total. The fourth-order valence-electron chi connectivity index (χ4n) is 4.58. The molecular weight excluding hydrogens is 312 g/mol. The molecule has 136 valence electrons. The van der Waals surface area contributed by atoms with Gasteiger partial charge < -0.3 is 10.2 Å². The van der Waals surface area contributed by atoms with Crippen LogP contribution in [0.3, 0.4) is 0 Å². The van der Waals surface area contributed by atoms with Crippen molar-refractivity contribution < 1.29 is 4.79 Å². The zero-order chi connectivity index (χ0) is 17.1. The van der Waals surface area contributed by atoms with E-state index in [-0.39, 0.29) is 0 Å². The van der Waals surface area contributed by atoms with E-state index in [1.165, 1.54) is 44.9 Å². The molecule has 0 bridgehead atoms. The lowest BCUT2D eigenvalue weighted by atomic mass is 9.86. The van der Waals surface area contributed by atoms with Crippen LogP contribution < -0.4 is 5.32 Å². The number of hydrogen-bond donors (Lipinski definition) is 1. The summed E-state index contributed by atoms with van der Waals surface area (Å²) in [6.07, 6.45) is 12.4. The maximum atomic E-state index is 12.7. The molecule has 3 heterocycles. The standard InChI is InChI=1S/C20H30N4O/c25-19(11-15-5-2-1-3-6-15)24-10-8-18-17(14-24)13-22-20(23-18)16-7-4-9-21-12-16/h13,15-16,21H,1-12,14H2. The van der Waals surface area contributed by atoms with Gasteiger partial charge in [0.05, 0.1) is 5.69 Å². The van der Waals surface area contributed by atoms with Crippen molar-refractivity contribution in [2.45, 2.75) is 70.3 Å². The van der Waals surface area contributed by atoms with Crippen LogP contribution in [0.25, 0.3) is 0 Å². The zero-order valence-electron chi connectivity index (χ0n) is 15.2. The first kappa shape index (κ1) is 17.0. The molecule has 2 fully saturated rings. The van der Waals surface area contributed by atoms with Crippen molar-refractivity contribution >= 4 is 5.91 Å². The Hall–Kier alpha value is -1.49. The Bertz CT molecular complexity index is 606. The largest absolute Gasteiger partial charge is 0.338 e. The number of fused-ring (bicyclic) bond motifs is 1. The molecule has 0 aromatic carbocycles. The summed E-state index contributed by atoms with van der Waals surface area (Å²) in [7, 11) is 0. The zero-order valence-corrected chi connectivity index (χ0v) is 15.2. The van der Waals surface area contributed by atoms with Gasteiger partial charge in [-0.1, -0.05) is 19.3 Å². The minimum absolute atomic E-state index is 0.332. The van der Waals surface area contributed by atoms with Crippen LogP contribution in [-0.2, 0) is 17.8 Å². The van der Waals surface area contributed by atoms with Crippen LogP contribution in [0, 0.1) is 5.92 Å². The molecule has 5 heteroatoms. The third-order valence-corrected chi connectivity index (χ3v) is 6.16. The van der Waals surface area contributed by atoms with E-state index in [1.807, 2.05) is 11.1 Å². The number of aromatic nitrogens is 2. The fourth-order valence-corrected chi connectivity index (χ4v) is 4.58. The molecule has 4 rings (SSSR count). The molecule has 1 saturated carbocycles. The molecule has 1 atom stereocenters. The number of piperidine rings is 1. The van der Waals surface area contributed by atoms with Crippen LogP contribution in [0.2, 0.25) is 0 Å². The second-order valence-corrected chi connectivity index (χ2v) is 8.02. The predicted molar refractivity (Wildman–Crippen MR) is 97.2 cm³/mol. The van der Waals surface area contributed by atoms with Gasteiger partial charge in [0.1, 0.15) is 5.82 Å². The van der Waals surface area contributed by atoms with E-state index >= 15 is 0 Å². The predicted octanol–water partition coefficient (Wildman–Crippen LogP) is 2.80. The van der Waals surface area contributed by atoms with Crippen molar-refractivity contribution in [3.8, 4) is 0 Å². The van der Waals surface area contributed by atoms with Gasteiger partial charge in [-0.15, -0.1) is 0 Å². The Morgan fingerprint density at radius 2 is 2.08 bits per heavy atom. The lowest BCUT2D eigenvalue weighted by Crippen LogP contribution is -2.38. The van der Waals surface area contributed by atoms with E-state index in [9.17, 15) is 4.79 Å². The Kier molecular flexibility index (Phi) is 5.30. The highest BCUT2D eigenvalue weighted by atomic mass is 16.2. The smallest absolute Gasteiger partial charge is 0.223 e. The van der Waals surface area contributed by atoms with Gasteiger partial charge in [0.2, 0.25) is 5.91 Å². The third-order valence-electron chi connectivity index (χ3n) is 6.16. The molecule has 1 saturated heterocycles. The first-order valence-corrected chi connectivity index (χ1v) is 10.1. The highest BCUT2D eigenvalue weighted by molar-refractivity contribution is 5.76. The summed E-state index contributed by atoms with van der Waals surface area (Å²) in [6, 6.07) is 0. The van der Waals surface area contributed by atoms with Crippen LogP contribution in [0.1, 0.15) is 74.4 Å². The van der Waals surface area contributed by atoms with Gasteiger partial charge in [0.25, 0.3) is 0 Å². The molecule has 25 heavy (non-hydrogen) atoms. The second-order valence-electron chi connectivity index (χ2n) is 8.02. The molecule has 0 radical (unpaired) electrons. The number of nitrogens with one attached hydrogen (secondary N) is 1. The average Bonchev–Trinajstić information content (AvgIpc) is 2.68. The number of carbonyl (C=O) groups excluding carboxylic acids is 1. The highest BCUT2D eigenvalue weighted by Gasteiger charge is 2.26. The number of nitrogens with zero attached hydrogens (tertiary/aromatic N) is 3.